The summed E-state index contributed by atoms with van der Waals surface area (Å²) in [5, 5.41) is 9.67. The smallest absolute Gasteiger partial charge is 0.124 e. The number of hydrogen-bond donors (Lipinski definition) is 0. The first-order valence-electron chi connectivity index (χ1n) is 6.38. The van der Waals surface area contributed by atoms with Crippen molar-refractivity contribution in [1.82, 2.24) is 9.55 Å². The molecule has 0 saturated carbocycles. The summed E-state index contributed by atoms with van der Waals surface area (Å²) >= 11 is 8.03. The molecule has 1 aromatic heterocycles. The van der Waals surface area contributed by atoms with Crippen LogP contribution in [-0.2, 0) is 12.4 Å². The maximum Gasteiger partial charge on any atom is 0.124 e. The molecule has 0 amide bonds. The number of hydrogen-bond acceptors (Lipinski definition) is 3. The summed E-state index contributed by atoms with van der Waals surface area (Å²) in [6, 6.07) is 7.82. The predicted molar refractivity (Wildman–Crippen MR) is 79.5 cm³/mol. The van der Waals surface area contributed by atoms with Crippen LogP contribution in [0, 0.1) is 11.3 Å². The zero-order valence-electron chi connectivity index (χ0n) is 10.5. The molecule has 5 heteroatoms. The van der Waals surface area contributed by atoms with Crippen molar-refractivity contribution in [3.05, 3.63) is 29.6 Å². The highest BCUT2D eigenvalue weighted by molar-refractivity contribution is 8.00. The lowest BCUT2D eigenvalue weighted by molar-refractivity contribution is 0.634. The van der Waals surface area contributed by atoms with Gasteiger partial charge in [-0.2, -0.15) is 17.0 Å². The SMILES string of the molecule is N#Cc1ccc2nc(CCl)n(CC3CCCS3)c2c1. The minimum absolute atomic E-state index is 0.411. The van der Waals surface area contributed by atoms with Gasteiger partial charge in [-0.15, -0.1) is 11.6 Å². The molecule has 1 unspecified atom stereocenters. The van der Waals surface area contributed by atoms with Gasteiger partial charge in [0.25, 0.3) is 0 Å². The Morgan fingerprint density at radius 3 is 3.11 bits per heavy atom. The molecule has 3 nitrogen and oxygen atoms in total. The second kappa shape index (κ2) is 5.44. The molecule has 1 atom stereocenters. The van der Waals surface area contributed by atoms with Crippen LogP contribution in [0.5, 0.6) is 0 Å². The van der Waals surface area contributed by atoms with Gasteiger partial charge >= 0.3 is 0 Å². The van der Waals surface area contributed by atoms with E-state index in [0.29, 0.717) is 16.7 Å². The third kappa shape index (κ3) is 2.45. The molecule has 98 valence electrons. The average Bonchev–Trinajstić information content (AvgIpc) is 3.07. The highest BCUT2D eigenvalue weighted by Gasteiger charge is 2.19. The standard InChI is InChI=1S/C14H14ClN3S/c15-7-14-17-12-4-3-10(8-16)6-13(12)18(14)9-11-2-1-5-19-11/h3-4,6,11H,1-2,5,7,9H2. The Morgan fingerprint density at radius 1 is 1.53 bits per heavy atom. The Labute approximate surface area is 121 Å². The van der Waals surface area contributed by atoms with Crippen molar-refractivity contribution in [2.45, 2.75) is 30.5 Å². The molecular formula is C14H14ClN3S. The maximum absolute atomic E-state index is 9.03. The predicted octanol–water partition coefficient (Wildman–Crippen LogP) is 3.54. The molecular weight excluding hydrogens is 278 g/mol. The maximum atomic E-state index is 9.03. The number of nitrogens with zero attached hydrogens (tertiary/aromatic N) is 3. The number of thioether (sulfide) groups is 1. The highest BCUT2D eigenvalue weighted by atomic mass is 35.5. The van der Waals surface area contributed by atoms with Gasteiger partial charge in [0.2, 0.25) is 0 Å². The third-order valence-electron chi connectivity index (χ3n) is 3.49. The highest BCUT2D eigenvalue weighted by Crippen LogP contribution is 2.29. The van der Waals surface area contributed by atoms with Gasteiger partial charge in [0.1, 0.15) is 5.82 Å². The van der Waals surface area contributed by atoms with Crippen molar-refractivity contribution in [3.8, 4) is 6.07 Å². The quantitative estimate of drug-likeness (QED) is 0.812. The molecule has 0 bridgehead atoms. The third-order valence-corrected chi connectivity index (χ3v) is 5.11. The zero-order valence-corrected chi connectivity index (χ0v) is 12.0. The molecule has 2 aromatic rings. The number of fused-ring (bicyclic) bond motifs is 1. The monoisotopic (exact) mass is 291 g/mol. The molecule has 0 N–H and O–H groups in total. The van der Waals surface area contributed by atoms with E-state index in [9.17, 15) is 0 Å². The van der Waals surface area contributed by atoms with Crippen LogP contribution < -0.4 is 0 Å². The first kappa shape index (κ1) is 12.8. The van der Waals surface area contributed by atoms with Crippen LogP contribution >= 0.6 is 23.4 Å². The molecule has 1 aromatic carbocycles. The van der Waals surface area contributed by atoms with Crippen molar-refractivity contribution in [1.29, 1.82) is 5.26 Å². The number of halogens is 1. The summed E-state index contributed by atoms with van der Waals surface area (Å²) < 4.78 is 2.19. The summed E-state index contributed by atoms with van der Waals surface area (Å²) in [7, 11) is 0. The molecule has 0 aliphatic carbocycles. The largest absolute Gasteiger partial charge is 0.326 e. The van der Waals surface area contributed by atoms with Gasteiger partial charge in [-0.05, 0) is 36.8 Å². The van der Waals surface area contributed by atoms with Crippen LogP contribution in [0.3, 0.4) is 0 Å². The molecule has 1 saturated heterocycles. The normalized spacial score (nSPS) is 18.8. The summed E-state index contributed by atoms with van der Waals surface area (Å²) in [6.07, 6.45) is 2.55. The Hall–Kier alpha value is -1.18. The van der Waals surface area contributed by atoms with Crippen molar-refractivity contribution < 1.29 is 0 Å². The van der Waals surface area contributed by atoms with Gasteiger partial charge in [-0.25, -0.2) is 4.98 Å². The average molecular weight is 292 g/mol. The first-order chi connectivity index (χ1) is 9.31. The summed E-state index contributed by atoms with van der Waals surface area (Å²) in [5.41, 5.74) is 2.63. The lowest BCUT2D eigenvalue weighted by atomic mass is 10.2. The molecule has 0 radical (unpaired) electrons. The van der Waals surface area contributed by atoms with Gasteiger partial charge in [0.05, 0.1) is 28.5 Å². The molecule has 1 aliphatic rings. The summed E-state index contributed by atoms with van der Waals surface area (Å²) in [4.78, 5) is 4.56. The van der Waals surface area contributed by atoms with Crippen molar-refractivity contribution in [2.24, 2.45) is 0 Å². The van der Waals surface area contributed by atoms with E-state index in [1.807, 2.05) is 30.0 Å². The lowest BCUT2D eigenvalue weighted by Gasteiger charge is -2.12. The Bertz CT molecular complexity index is 638. The molecule has 19 heavy (non-hydrogen) atoms. The van der Waals surface area contributed by atoms with E-state index in [1.165, 1.54) is 18.6 Å². The Balaban J connectivity index is 2.05. The zero-order chi connectivity index (χ0) is 13.2. The topological polar surface area (TPSA) is 41.6 Å². The lowest BCUT2D eigenvalue weighted by Crippen LogP contribution is -2.12. The van der Waals surface area contributed by atoms with E-state index in [0.717, 1.165) is 23.4 Å². The van der Waals surface area contributed by atoms with E-state index >= 15 is 0 Å². The number of nitriles is 1. The van der Waals surface area contributed by atoms with Crippen LogP contribution in [0.2, 0.25) is 0 Å². The molecule has 1 aliphatic heterocycles. The van der Waals surface area contributed by atoms with Crippen molar-refractivity contribution >= 4 is 34.4 Å². The van der Waals surface area contributed by atoms with Crippen LogP contribution in [-0.4, -0.2) is 20.6 Å². The Kier molecular flexibility index (Phi) is 3.67. The van der Waals surface area contributed by atoms with E-state index in [-0.39, 0.29) is 0 Å². The van der Waals surface area contributed by atoms with Gasteiger partial charge in [0.15, 0.2) is 0 Å². The number of alkyl halides is 1. The van der Waals surface area contributed by atoms with Crippen LogP contribution in [0.15, 0.2) is 18.2 Å². The minimum atomic E-state index is 0.411. The first-order valence-corrected chi connectivity index (χ1v) is 7.97. The van der Waals surface area contributed by atoms with Gasteiger partial charge in [0, 0.05) is 11.8 Å². The Morgan fingerprint density at radius 2 is 2.42 bits per heavy atom. The fraction of sp³-hybridized carbons (Fsp3) is 0.429. The number of rotatable bonds is 3. The summed E-state index contributed by atoms with van der Waals surface area (Å²) in [6.45, 7) is 0.943. The van der Waals surface area contributed by atoms with E-state index < -0.39 is 0 Å². The molecule has 3 rings (SSSR count). The van der Waals surface area contributed by atoms with Gasteiger partial charge < -0.3 is 4.57 Å². The fourth-order valence-corrected chi connectivity index (χ4v) is 4.00. The molecule has 0 spiro atoms. The summed E-state index contributed by atoms with van der Waals surface area (Å²) in [5.74, 6) is 2.56. The number of aromatic nitrogens is 2. The van der Waals surface area contributed by atoms with E-state index in [4.69, 9.17) is 16.9 Å². The van der Waals surface area contributed by atoms with Gasteiger partial charge in [-0.3, -0.25) is 0 Å². The van der Waals surface area contributed by atoms with Gasteiger partial charge in [-0.1, -0.05) is 0 Å². The molecule has 1 fully saturated rings. The minimum Gasteiger partial charge on any atom is -0.326 e. The van der Waals surface area contributed by atoms with Crippen molar-refractivity contribution in [2.75, 3.05) is 5.75 Å². The second-order valence-corrected chi connectivity index (χ2v) is 6.40. The fourth-order valence-electron chi connectivity index (χ4n) is 2.54. The van der Waals surface area contributed by atoms with Crippen LogP contribution in [0.4, 0.5) is 0 Å². The van der Waals surface area contributed by atoms with E-state index in [1.54, 1.807) is 0 Å². The second-order valence-electron chi connectivity index (χ2n) is 4.72. The van der Waals surface area contributed by atoms with Crippen LogP contribution in [0.1, 0.15) is 24.2 Å². The number of benzene rings is 1. The van der Waals surface area contributed by atoms with Crippen LogP contribution in [0.25, 0.3) is 11.0 Å². The van der Waals surface area contributed by atoms with Crippen molar-refractivity contribution in [3.63, 3.8) is 0 Å². The number of imidazole rings is 1. The molecule has 2 heterocycles. The van der Waals surface area contributed by atoms with E-state index in [2.05, 4.69) is 15.6 Å².